The van der Waals surface area contributed by atoms with E-state index in [0.29, 0.717) is 0 Å². The Bertz CT molecular complexity index is 942. The van der Waals surface area contributed by atoms with Gasteiger partial charge in [-0.25, -0.2) is 17.6 Å². The molecular formula is C14H9F7N4O3. The van der Waals surface area contributed by atoms with E-state index in [4.69, 9.17) is 0 Å². The summed E-state index contributed by atoms with van der Waals surface area (Å²) in [7, 11) is 0. The van der Waals surface area contributed by atoms with Gasteiger partial charge in [-0.05, 0) is 13.8 Å². The number of nitro groups is 1. The highest BCUT2D eigenvalue weighted by molar-refractivity contribution is 5.93. The number of alkyl halides is 3. The first-order chi connectivity index (χ1) is 12.8. The molecule has 1 unspecified atom stereocenters. The molecule has 1 aromatic heterocycles. The Kier molecular flexibility index (Phi) is 5.34. The van der Waals surface area contributed by atoms with Crippen molar-refractivity contribution in [2.45, 2.75) is 26.1 Å². The molecule has 0 aliphatic heterocycles. The summed E-state index contributed by atoms with van der Waals surface area (Å²) in [5.41, 5.74) is -5.17. The lowest BCUT2D eigenvalue weighted by Gasteiger charge is -2.17. The van der Waals surface area contributed by atoms with Gasteiger partial charge >= 0.3 is 11.9 Å². The number of rotatable bonds is 4. The van der Waals surface area contributed by atoms with Gasteiger partial charge in [-0.2, -0.15) is 18.3 Å². The first-order valence-electron chi connectivity index (χ1n) is 7.21. The summed E-state index contributed by atoms with van der Waals surface area (Å²) >= 11 is 0. The van der Waals surface area contributed by atoms with Crippen LogP contribution in [-0.2, 0) is 11.0 Å². The Labute approximate surface area is 150 Å². The number of aromatic nitrogens is 2. The van der Waals surface area contributed by atoms with E-state index in [1.165, 1.54) is 12.2 Å². The molecule has 0 bridgehead atoms. The zero-order chi connectivity index (χ0) is 21.5. The third kappa shape index (κ3) is 3.48. The zero-order valence-electron chi connectivity index (χ0n) is 13.9. The average molecular weight is 414 g/mol. The lowest BCUT2D eigenvalue weighted by Crippen LogP contribution is -2.27. The average Bonchev–Trinajstić information content (AvgIpc) is 2.96. The normalized spacial score (nSPS) is 12.8. The number of benzene rings is 1. The third-order valence-electron chi connectivity index (χ3n) is 3.76. The first-order valence-corrected chi connectivity index (χ1v) is 7.21. The van der Waals surface area contributed by atoms with Gasteiger partial charge in [0, 0.05) is 0 Å². The second-order valence-electron chi connectivity index (χ2n) is 5.49. The Morgan fingerprint density at radius 1 is 1.18 bits per heavy atom. The molecule has 0 saturated carbocycles. The zero-order valence-corrected chi connectivity index (χ0v) is 13.9. The maximum atomic E-state index is 13.8. The lowest BCUT2D eigenvalue weighted by atomic mass is 10.1. The van der Waals surface area contributed by atoms with E-state index < -0.39 is 63.3 Å². The molecule has 1 atom stereocenters. The Balaban J connectivity index is 2.43. The Morgan fingerprint density at radius 3 is 2.07 bits per heavy atom. The quantitative estimate of drug-likeness (QED) is 0.356. The Hall–Kier alpha value is -3.19. The highest BCUT2D eigenvalue weighted by atomic mass is 19.4. The summed E-state index contributed by atoms with van der Waals surface area (Å²) in [5, 5.41) is 15.8. The minimum atomic E-state index is -5.73. The lowest BCUT2D eigenvalue weighted by molar-refractivity contribution is -0.385. The fourth-order valence-corrected chi connectivity index (χ4v) is 2.31. The Morgan fingerprint density at radius 2 is 1.68 bits per heavy atom. The van der Waals surface area contributed by atoms with Crippen LogP contribution in [0.2, 0.25) is 0 Å². The summed E-state index contributed by atoms with van der Waals surface area (Å²) in [6, 6.07) is -1.47. The third-order valence-corrected chi connectivity index (χ3v) is 3.76. The van der Waals surface area contributed by atoms with Crippen molar-refractivity contribution < 1.29 is 40.5 Å². The molecule has 0 saturated heterocycles. The van der Waals surface area contributed by atoms with Crippen LogP contribution < -0.4 is 5.32 Å². The molecule has 14 heteroatoms. The van der Waals surface area contributed by atoms with E-state index in [-0.39, 0.29) is 5.69 Å². The van der Waals surface area contributed by atoms with Crippen LogP contribution in [0, 0.1) is 40.3 Å². The van der Waals surface area contributed by atoms with E-state index in [1.54, 1.807) is 0 Å². The summed E-state index contributed by atoms with van der Waals surface area (Å²) in [4.78, 5) is 22.1. The van der Waals surface area contributed by atoms with Gasteiger partial charge in [0.25, 0.3) is 0 Å². The van der Waals surface area contributed by atoms with Gasteiger partial charge in [-0.3, -0.25) is 19.6 Å². The standard InChI is InChI=1S/C14H9F7N4O3/c1-4-6(25(27)28)3-22-24(4)5(2)13(26)23-12-10(17)8(15)7(14(19,20)21)9(16)11(12)18/h3,5H,1-2H3,(H,23,26). The van der Waals surface area contributed by atoms with Crippen molar-refractivity contribution in [3.63, 3.8) is 0 Å². The molecule has 2 aromatic rings. The second-order valence-corrected chi connectivity index (χ2v) is 5.49. The highest BCUT2D eigenvalue weighted by Gasteiger charge is 2.42. The largest absolute Gasteiger partial charge is 0.422 e. The molecule has 1 amide bonds. The van der Waals surface area contributed by atoms with E-state index >= 15 is 0 Å². The predicted molar refractivity (Wildman–Crippen MR) is 78.2 cm³/mol. The first kappa shape index (κ1) is 21.1. The van der Waals surface area contributed by atoms with Crippen molar-refractivity contribution in [1.29, 1.82) is 0 Å². The maximum Gasteiger partial charge on any atom is 0.422 e. The number of anilines is 1. The summed E-state index contributed by atoms with van der Waals surface area (Å²) < 4.78 is 93.3. The number of hydrogen-bond acceptors (Lipinski definition) is 4. The fraction of sp³-hybridized carbons (Fsp3) is 0.286. The number of halogens is 7. The minimum Gasteiger partial charge on any atom is -0.319 e. The van der Waals surface area contributed by atoms with Gasteiger partial charge in [0.05, 0.1) is 4.92 Å². The molecule has 7 nitrogen and oxygen atoms in total. The number of hydrogen-bond donors (Lipinski definition) is 1. The molecule has 152 valence electrons. The van der Waals surface area contributed by atoms with Gasteiger partial charge in [-0.15, -0.1) is 0 Å². The van der Waals surface area contributed by atoms with Gasteiger partial charge in [0.2, 0.25) is 5.91 Å². The fourth-order valence-electron chi connectivity index (χ4n) is 2.31. The van der Waals surface area contributed by atoms with Gasteiger partial charge in [0.1, 0.15) is 29.2 Å². The number of amides is 1. The van der Waals surface area contributed by atoms with Crippen molar-refractivity contribution >= 4 is 17.3 Å². The highest BCUT2D eigenvalue weighted by Crippen LogP contribution is 2.38. The van der Waals surface area contributed by atoms with E-state index in [0.717, 1.165) is 17.8 Å². The van der Waals surface area contributed by atoms with E-state index in [9.17, 15) is 45.6 Å². The SMILES string of the molecule is Cc1c([N+](=O)[O-])cnn1C(C)C(=O)Nc1c(F)c(F)c(C(F)(F)F)c(F)c1F. The van der Waals surface area contributed by atoms with Crippen LogP contribution in [0.1, 0.15) is 24.2 Å². The summed E-state index contributed by atoms with van der Waals surface area (Å²) in [6.07, 6.45) is -4.94. The second kappa shape index (κ2) is 7.09. The van der Waals surface area contributed by atoms with Crippen molar-refractivity contribution in [1.82, 2.24) is 9.78 Å². The van der Waals surface area contributed by atoms with Crippen LogP contribution in [0.3, 0.4) is 0 Å². The molecule has 0 spiro atoms. The van der Waals surface area contributed by atoms with Crippen molar-refractivity contribution in [3.05, 3.63) is 50.8 Å². The molecule has 1 N–H and O–H groups in total. The van der Waals surface area contributed by atoms with Crippen LogP contribution in [0.25, 0.3) is 0 Å². The van der Waals surface area contributed by atoms with Crippen LogP contribution >= 0.6 is 0 Å². The molecule has 28 heavy (non-hydrogen) atoms. The smallest absolute Gasteiger partial charge is 0.319 e. The molecule has 0 fully saturated rings. The molecule has 1 heterocycles. The molecule has 1 aromatic carbocycles. The van der Waals surface area contributed by atoms with Gasteiger partial charge in [-0.1, -0.05) is 0 Å². The van der Waals surface area contributed by atoms with Crippen LogP contribution in [0.5, 0.6) is 0 Å². The molecule has 0 radical (unpaired) electrons. The molecular weight excluding hydrogens is 405 g/mol. The maximum absolute atomic E-state index is 13.8. The van der Waals surface area contributed by atoms with Crippen LogP contribution in [-0.4, -0.2) is 20.6 Å². The molecule has 2 rings (SSSR count). The summed E-state index contributed by atoms with van der Waals surface area (Å²) in [6.45, 7) is 2.28. The predicted octanol–water partition coefficient (Wildman–Crippen LogP) is 3.87. The van der Waals surface area contributed by atoms with Crippen molar-refractivity contribution in [3.8, 4) is 0 Å². The van der Waals surface area contributed by atoms with Crippen molar-refractivity contribution in [2.75, 3.05) is 5.32 Å². The van der Waals surface area contributed by atoms with Crippen LogP contribution in [0.15, 0.2) is 6.20 Å². The topological polar surface area (TPSA) is 90.1 Å². The van der Waals surface area contributed by atoms with Crippen LogP contribution in [0.4, 0.5) is 42.1 Å². The number of nitrogens with one attached hydrogen (secondary N) is 1. The van der Waals surface area contributed by atoms with E-state index in [2.05, 4.69) is 5.10 Å². The molecule has 0 aliphatic carbocycles. The summed E-state index contributed by atoms with van der Waals surface area (Å²) in [5.74, 6) is -11.7. The monoisotopic (exact) mass is 414 g/mol. The van der Waals surface area contributed by atoms with Gasteiger partial charge < -0.3 is 5.32 Å². The number of carbonyl (C=O) groups excluding carboxylic acids is 1. The van der Waals surface area contributed by atoms with Crippen molar-refractivity contribution in [2.24, 2.45) is 0 Å². The minimum absolute atomic E-state index is 0.127. The number of carbonyl (C=O) groups is 1. The van der Waals surface area contributed by atoms with E-state index in [1.807, 2.05) is 0 Å². The van der Waals surface area contributed by atoms with Gasteiger partial charge in [0.15, 0.2) is 23.3 Å². The number of nitrogens with zero attached hydrogens (tertiary/aromatic N) is 3. The molecule has 0 aliphatic rings.